The van der Waals surface area contributed by atoms with Crippen LogP contribution in [-0.2, 0) is 25.8 Å². The number of allylic oxidation sites excluding steroid dienone is 2. The molecule has 6 N–H and O–H groups in total. The van der Waals surface area contributed by atoms with Crippen molar-refractivity contribution in [2.75, 3.05) is 18.6 Å². The molecule has 4 heterocycles. The van der Waals surface area contributed by atoms with Crippen LogP contribution in [0.3, 0.4) is 0 Å². The monoisotopic (exact) mass is 571 g/mol. The minimum atomic E-state index is -1.27. The third kappa shape index (κ3) is 4.74. The van der Waals surface area contributed by atoms with Gasteiger partial charge < -0.3 is 35.8 Å². The van der Waals surface area contributed by atoms with Gasteiger partial charge in [0.25, 0.3) is 11.8 Å². The number of nitrogens with two attached hydrogens (primary N) is 1. The summed E-state index contributed by atoms with van der Waals surface area (Å²) in [5.41, 5.74) is 6.99. The maximum atomic E-state index is 13.0. The normalized spacial score (nSPS) is 19.4. The number of benzene rings is 1. The summed E-state index contributed by atoms with van der Waals surface area (Å²) in [7, 11) is 1.26. The Balaban J connectivity index is 1.32. The number of nitrogens with one attached hydrogen (secondary N) is 1. The number of hydrogen-bond donors (Lipinski definition) is 5. The highest BCUT2D eigenvalue weighted by molar-refractivity contribution is 8.00. The molecule has 2 amide bonds. The van der Waals surface area contributed by atoms with Gasteiger partial charge >= 0.3 is 5.97 Å². The lowest BCUT2D eigenvalue weighted by molar-refractivity contribution is -0.150. The summed E-state index contributed by atoms with van der Waals surface area (Å²) in [6.45, 7) is 0.292. The van der Waals surface area contributed by atoms with Gasteiger partial charge in [0.2, 0.25) is 0 Å². The molecule has 16 heteroatoms. The average Bonchev–Trinajstić information content (AvgIpc) is 3.51. The molecule has 2 atom stereocenters. The van der Waals surface area contributed by atoms with Gasteiger partial charge in [0.15, 0.2) is 22.3 Å². The fourth-order valence-corrected chi connectivity index (χ4v) is 6.08. The number of carbonyl (C=O) groups excluding carboxylic acids is 2. The first-order valence-corrected chi connectivity index (χ1v) is 13.2. The van der Waals surface area contributed by atoms with Crippen LogP contribution in [0.15, 0.2) is 52.4 Å². The molecule has 2 aromatic heterocycles. The molecule has 0 spiro atoms. The molecule has 2 aliphatic heterocycles. The van der Waals surface area contributed by atoms with E-state index in [1.54, 1.807) is 16.7 Å². The number of aromatic hydroxyl groups is 2. The first-order chi connectivity index (χ1) is 18.7. The van der Waals surface area contributed by atoms with Gasteiger partial charge in [0.05, 0.1) is 17.4 Å². The summed E-state index contributed by atoms with van der Waals surface area (Å²) in [6, 6.07) is 1.75. The zero-order valence-electron chi connectivity index (χ0n) is 20.1. The van der Waals surface area contributed by atoms with Crippen LogP contribution in [0.25, 0.3) is 11.0 Å². The zero-order chi connectivity index (χ0) is 27.8. The van der Waals surface area contributed by atoms with Gasteiger partial charge in [-0.2, -0.15) is 0 Å². The highest BCUT2D eigenvalue weighted by atomic mass is 32.2. The van der Waals surface area contributed by atoms with Crippen molar-refractivity contribution in [3.63, 3.8) is 0 Å². The standard InChI is InChI=1S/C23H21N7O7S2/c1-37-28-16(12-8-39-23(24)26-12)19(33)27-17-20(34)30-18(22(35)36)10(7-38-21(17)30)3-2-4-29-9-25-11-5-14(31)15(32)6-13(11)29/h2-3,5-6,8-9,17,21,31-32H,4,7H2,1H3,(H2,24,26)(H,27,33)(H,35,36)/b3-2+,28-16-/t17-,21-/m1/s1. The lowest BCUT2D eigenvalue weighted by Gasteiger charge is -2.49. The summed E-state index contributed by atoms with van der Waals surface area (Å²) < 4.78 is 1.71. The van der Waals surface area contributed by atoms with Crippen LogP contribution in [-0.4, -0.2) is 82.5 Å². The van der Waals surface area contributed by atoms with Gasteiger partial charge in [-0.15, -0.1) is 23.1 Å². The Morgan fingerprint density at radius 1 is 1.33 bits per heavy atom. The van der Waals surface area contributed by atoms with Crippen molar-refractivity contribution >= 4 is 62.8 Å². The number of phenolic OH excluding ortho intramolecular Hbond substituents is 2. The molecule has 5 rings (SSSR count). The fourth-order valence-electron chi connectivity index (χ4n) is 4.21. The number of anilines is 1. The Hall–Kier alpha value is -4.57. The molecule has 0 aliphatic carbocycles. The molecule has 0 radical (unpaired) electrons. The van der Waals surface area contributed by atoms with Crippen molar-refractivity contribution in [2.24, 2.45) is 5.16 Å². The first-order valence-electron chi connectivity index (χ1n) is 11.3. The first kappa shape index (κ1) is 26.1. The number of nitrogen functional groups attached to an aromatic ring is 1. The van der Waals surface area contributed by atoms with E-state index < -0.39 is 29.2 Å². The minimum absolute atomic E-state index is 0.161. The second kappa shape index (κ2) is 10.3. The Labute approximate surface area is 228 Å². The number of hydrogen-bond acceptors (Lipinski definition) is 12. The number of thioether (sulfide) groups is 1. The van der Waals surface area contributed by atoms with E-state index in [9.17, 15) is 29.7 Å². The summed E-state index contributed by atoms with van der Waals surface area (Å²) in [6.07, 6.45) is 4.86. The second-order valence-corrected chi connectivity index (χ2v) is 10.4. The second-order valence-electron chi connectivity index (χ2n) is 8.36. The smallest absolute Gasteiger partial charge is 0.352 e. The number of thiazole rings is 1. The number of fused-ring (bicyclic) bond motifs is 2. The Bertz CT molecular complexity index is 1590. The number of carboxylic acid groups (broad SMARTS) is 1. The molecule has 0 unspecified atom stereocenters. The molecule has 1 saturated heterocycles. The number of aromatic nitrogens is 3. The van der Waals surface area contributed by atoms with Crippen molar-refractivity contribution in [1.82, 2.24) is 24.8 Å². The van der Waals surface area contributed by atoms with Crippen LogP contribution >= 0.6 is 23.1 Å². The molecule has 14 nitrogen and oxygen atoms in total. The van der Waals surface area contributed by atoms with Crippen LogP contribution in [0.4, 0.5) is 5.13 Å². The maximum absolute atomic E-state index is 13.0. The van der Waals surface area contributed by atoms with Gasteiger partial charge in [-0.1, -0.05) is 17.3 Å². The van der Waals surface area contributed by atoms with Crippen LogP contribution in [0.2, 0.25) is 0 Å². The predicted molar refractivity (Wildman–Crippen MR) is 142 cm³/mol. The molecule has 2 aliphatic rings. The molecule has 1 fully saturated rings. The predicted octanol–water partition coefficient (Wildman–Crippen LogP) is 0.832. The van der Waals surface area contributed by atoms with Crippen LogP contribution in [0, 0.1) is 0 Å². The van der Waals surface area contributed by atoms with Gasteiger partial charge in [0.1, 0.15) is 29.9 Å². The van der Waals surface area contributed by atoms with Crippen molar-refractivity contribution < 1.29 is 34.5 Å². The van der Waals surface area contributed by atoms with E-state index in [1.807, 2.05) is 0 Å². The van der Waals surface area contributed by atoms with Gasteiger partial charge in [-0.05, 0) is 5.57 Å². The summed E-state index contributed by atoms with van der Waals surface area (Å²) in [5, 5.41) is 36.8. The number of amides is 2. The van der Waals surface area contributed by atoms with Crippen molar-refractivity contribution in [3.05, 3.63) is 53.0 Å². The van der Waals surface area contributed by atoms with Crippen LogP contribution in [0.1, 0.15) is 5.69 Å². The fraction of sp³-hybridized carbons (Fsp3) is 0.217. The Morgan fingerprint density at radius 3 is 2.79 bits per heavy atom. The molecular weight excluding hydrogens is 550 g/mol. The lowest BCUT2D eigenvalue weighted by Crippen LogP contribution is -2.71. The Kier molecular flexibility index (Phi) is 6.88. The van der Waals surface area contributed by atoms with Gasteiger partial charge in [-0.3, -0.25) is 14.5 Å². The highest BCUT2D eigenvalue weighted by Gasteiger charge is 2.54. The summed E-state index contributed by atoms with van der Waals surface area (Å²) in [4.78, 5) is 52.1. The number of imidazole rings is 1. The molecule has 1 aromatic carbocycles. The van der Waals surface area contributed by atoms with Crippen LogP contribution < -0.4 is 11.1 Å². The molecule has 39 heavy (non-hydrogen) atoms. The molecule has 0 bridgehead atoms. The summed E-state index contributed by atoms with van der Waals surface area (Å²) in [5.74, 6) is -2.84. The highest BCUT2D eigenvalue weighted by Crippen LogP contribution is 2.40. The van der Waals surface area contributed by atoms with E-state index in [0.717, 1.165) is 16.2 Å². The van der Waals surface area contributed by atoms with Crippen molar-refractivity contribution in [3.8, 4) is 11.5 Å². The number of carboxylic acids is 1. The van der Waals surface area contributed by atoms with E-state index in [-0.39, 0.29) is 39.5 Å². The number of carbonyl (C=O) groups is 3. The van der Waals surface area contributed by atoms with E-state index in [4.69, 9.17) is 10.6 Å². The molecule has 202 valence electrons. The van der Waals surface area contributed by atoms with Crippen LogP contribution in [0.5, 0.6) is 11.5 Å². The molecule has 3 aromatic rings. The number of nitrogens with zero attached hydrogens (tertiary/aromatic N) is 5. The summed E-state index contributed by atoms with van der Waals surface area (Å²) >= 11 is 2.42. The van der Waals surface area contributed by atoms with E-state index >= 15 is 0 Å². The lowest BCUT2D eigenvalue weighted by atomic mass is 10.0. The minimum Gasteiger partial charge on any atom is -0.504 e. The zero-order valence-corrected chi connectivity index (χ0v) is 21.8. The third-order valence-corrected chi connectivity index (χ3v) is 7.96. The maximum Gasteiger partial charge on any atom is 0.352 e. The van der Waals surface area contributed by atoms with Gasteiger partial charge in [-0.25, -0.2) is 14.8 Å². The number of β-lactam (4-membered cyclic amide) rings is 1. The number of rotatable bonds is 8. The molecule has 0 saturated carbocycles. The van der Waals surface area contributed by atoms with Crippen molar-refractivity contribution in [2.45, 2.75) is 18.0 Å². The largest absolute Gasteiger partial charge is 0.504 e. The van der Waals surface area contributed by atoms with E-state index in [0.29, 0.717) is 23.2 Å². The third-order valence-electron chi connectivity index (χ3n) is 5.99. The molecular formula is C23H21N7O7S2. The van der Waals surface area contributed by atoms with E-state index in [2.05, 4.69) is 20.4 Å². The number of oxime groups is 1. The van der Waals surface area contributed by atoms with Gasteiger partial charge in [0, 0.05) is 29.8 Å². The van der Waals surface area contributed by atoms with E-state index in [1.165, 1.54) is 42.7 Å². The van der Waals surface area contributed by atoms with Crippen molar-refractivity contribution in [1.29, 1.82) is 0 Å². The Morgan fingerprint density at radius 2 is 2.10 bits per heavy atom. The average molecular weight is 572 g/mol. The number of phenols is 2. The SMILES string of the molecule is CO/N=C(\C(=O)N[C@@H]1C(=O)N2C(C(=O)O)=C(/C=C/Cn3cnc4cc(O)c(O)cc43)CS[C@H]12)c1csc(N)n1. The quantitative estimate of drug-likeness (QED) is 0.111. The topological polar surface area (TPSA) is 205 Å². The number of aliphatic carboxylic acids is 1.